The number of methoxy groups -OCH3 is 2. The Labute approximate surface area is 209 Å². The van der Waals surface area contributed by atoms with Crippen LogP contribution in [0.1, 0.15) is 5.56 Å². The van der Waals surface area contributed by atoms with Gasteiger partial charge in [0.15, 0.2) is 11.5 Å². The van der Waals surface area contributed by atoms with Gasteiger partial charge in [0.1, 0.15) is 6.54 Å². The van der Waals surface area contributed by atoms with Crippen LogP contribution in [0.25, 0.3) is 0 Å². The summed E-state index contributed by atoms with van der Waals surface area (Å²) in [4.78, 5) is 12.8. The fourth-order valence-electron chi connectivity index (χ4n) is 3.27. The molecule has 0 spiro atoms. The monoisotopic (exact) mass is 522 g/mol. The van der Waals surface area contributed by atoms with Gasteiger partial charge in [-0.2, -0.15) is 0 Å². The van der Waals surface area contributed by atoms with Crippen molar-refractivity contribution in [1.29, 1.82) is 0 Å². The van der Waals surface area contributed by atoms with Gasteiger partial charge in [-0.3, -0.25) is 9.10 Å². The van der Waals surface area contributed by atoms with Crippen LogP contribution >= 0.6 is 23.2 Å². The largest absolute Gasteiger partial charge is 0.493 e. The number of benzene rings is 3. The zero-order chi connectivity index (χ0) is 24.7. The van der Waals surface area contributed by atoms with E-state index in [2.05, 4.69) is 5.32 Å². The van der Waals surface area contributed by atoms with Crippen molar-refractivity contribution < 1.29 is 22.7 Å². The van der Waals surface area contributed by atoms with Crippen molar-refractivity contribution in [2.75, 3.05) is 31.6 Å². The molecule has 0 atom stereocenters. The highest BCUT2D eigenvalue weighted by atomic mass is 35.5. The Balaban J connectivity index is 1.78. The van der Waals surface area contributed by atoms with Gasteiger partial charge in [-0.1, -0.05) is 53.5 Å². The molecule has 0 aliphatic rings. The maximum absolute atomic E-state index is 13.4. The lowest BCUT2D eigenvalue weighted by molar-refractivity contribution is -0.119. The molecule has 1 amide bonds. The van der Waals surface area contributed by atoms with Crippen LogP contribution < -0.4 is 19.1 Å². The molecular weight excluding hydrogens is 499 g/mol. The van der Waals surface area contributed by atoms with E-state index >= 15 is 0 Å². The third-order valence-corrected chi connectivity index (χ3v) is 7.58. The van der Waals surface area contributed by atoms with Gasteiger partial charge < -0.3 is 14.8 Å². The first-order chi connectivity index (χ1) is 16.3. The Hall–Kier alpha value is -2.94. The maximum Gasteiger partial charge on any atom is 0.264 e. The summed E-state index contributed by atoms with van der Waals surface area (Å²) in [7, 11) is -0.981. The zero-order valence-electron chi connectivity index (χ0n) is 18.6. The van der Waals surface area contributed by atoms with Gasteiger partial charge in [0, 0.05) is 6.54 Å². The number of carbonyl (C=O) groups excluding carboxylic acids is 1. The van der Waals surface area contributed by atoms with E-state index < -0.39 is 22.5 Å². The lowest BCUT2D eigenvalue weighted by Gasteiger charge is -2.25. The van der Waals surface area contributed by atoms with Gasteiger partial charge in [-0.15, -0.1) is 0 Å². The number of nitrogens with one attached hydrogen (secondary N) is 1. The number of nitrogens with zero attached hydrogens (tertiary/aromatic N) is 1. The van der Waals surface area contributed by atoms with E-state index in [-0.39, 0.29) is 27.2 Å². The van der Waals surface area contributed by atoms with Crippen molar-refractivity contribution in [3.63, 3.8) is 0 Å². The van der Waals surface area contributed by atoms with E-state index in [9.17, 15) is 13.2 Å². The topological polar surface area (TPSA) is 84.9 Å². The van der Waals surface area contributed by atoms with E-state index in [1.165, 1.54) is 18.2 Å². The number of hydrogen-bond acceptors (Lipinski definition) is 5. The molecule has 34 heavy (non-hydrogen) atoms. The summed E-state index contributed by atoms with van der Waals surface area (Å²) >= 11 is 12.4. The average Bonchev–Trinajstić information content (AvgIpc) is 2.84. The third kappa shape index (κ3) is 5.94. The van der Waals surface area contributed by atoms with Gasteiger partial charge in [-0.05, 0) is 48.4 Å². The summed E-state index contributed by atoms with van der Waals surface area (Å²) in [6.07, 6.45) is 0.509. The van der Waals surface area contributed by atoms with Crippen LogP contribution in [0.2, 0.25) is 10.0 Å². The molecule has 3 rings (SSSR count). The van der Waals surface area contributed by atoms with E-state index in [1.807, 2.05) is 12.1 Å². The second kappa shape index (κ2) is 11.5. The molecule has 0 aliphatic carbocycles. The molecular formula is C24H24Cl2N2O5S. The predicted octanol–water partition coefficient (Wildman–Crippen LogP) is 4.56. The van der Waals surface area contributed by atoms with E-state index in [0.29, 0.717) is 17.9 Å². The molecule has 0 unspecified atom stereocenters. The lowest BCUT2D eigenvalue weighted by atomic mass is 10.1. The summed E-state index contributed by atoms with van der Waals surface area (Å²) in [5, 5.41) is 2.99. The van der Waals surface area contributed by atoms with Crippen molar-refractivity contribution in [2.45, 2.75) is 11.3 Å². The molecule has 0 heterocycles. The number of rotatable bonds is 10. The lowest BCUT2D eigenvalue weighted by Crippen LogP contribution is -2.41. The molecule has 0 aliphatic heterocycles. The number of sulfonamides is 1. The van der Waals surface area contributed by atoms with Gasteiger partial charge in [0.05, 0.1) is 34.8 Å². The van der Waals surface area contributed by atoms with Crippen LogP contribution in [-0.2, 0) is 21.2 Å². The minimum Gasteiger partial charge on any atom is -0.493 e. The average molecular weight is 523 g/mol. The molecule has 3 aromatic rings. The molecule has 0 saturated carbocycles. The molecule has 0 bridgehead atoms. The Morgan fingerprint density at radius 3 is 2.32 bits per heavy atom. The number of anilines is 1. The van der Waals surface area contributed by atoms with Crippen LogP contribution in [-0.4, -0.2) is 41.6 Å². The number of ether oxygens (including phenoxy) is 2. The highest BCUT2D eigenvalue weighted by Crippen LogP contribution is 2.35. The Morgan fingerprint density at radius 1 is 0.941 bits per heavy atom. The number of carbonyl (C=O) groups is 1. The van der Waals surface area contributed by atoms with Gasteiger partial charge in [0.2, 0.25) is 5.91 Å². The highest BCUT2D eigenvalue weighted by molar-refractivity contribution is 7.92. The van der Waals surface area contributed by atoms with Gasteiger partial charge >= 0.3 is 0 Å². The Morgan fingerprint density at radius 2 is 1.65 bits per heavy atom. The van der Waals surface area contributed by atoms with Crippen molar-refractivity contribution in [3.8, 4) is 11.5 Å². The molecule has 0 saturated heterocycles. The number of halogens is 2. The number of hydrogen-bond donors (Lipinski definition) is 1. The SMILES string of the molecule is COc1ccc(CCNC(=O)CN(c2cccc(Cl)c2Cl)S(=O)(=O)c2ccccc2)cc1OC. The van der Waals surface area contributed by atoms with Crippen LogP contribution in [0.15, 0.2) is 71.6 Å². The van der Waals surface area contributed by atoms with Crippen LogP contribution in [0, 0.1) is 0 Å². The first-order valence-electron chi connectivity index (χ1n) is 10.3. The minimum absolute atomic E-state index is 0.0316. The van der Waals surface area contributed by atoms with Crippen LogP contribution in [0.5, 0.6) is 11.5 Å². The Kier molecular flexibility index (Phi) is 8.66. The third-order valence-electron chi connectivity index (χ3n) is 5.00. The van der Waals surface area contributed by atoms with Crippen LogP contribution in [0.4, 0.5) is 5.69 Å². The van der Waals surface area contributed by atoms with Crippen molar-refractivity contribution in [1.82, 2.24) is 5.32 Å². The molecule has 7 nitrogen and oxygen atoms in total. The maximum atomic E-state index is 13.4. The van der Waals surface area contributed by atoms with Gasteiger partial charge in [-0.25, -0.2) is 8.42 Å². The fraction of sp³-hybridized carbons (Fsp3) is 0.208. The predicted molar refractivity (Wildman–Crippen MR) is 134 cm³/mol. The van der Waals surface area contributed by atoms with Crippen LogP contribution in [0.3, 0.4) is 0 Å². The molecule has 1 N–H and O–H groups in total. The standard InChI is InChI=1S/C24H24Cl2N2O5S/c1-32-21-12-11-17(15-22(21)33-2)13-14-27-23(29)16-28(20-10-6-9-19(25)24(20)26)34(30,31)18-7-4-3-5-8-18/h3-12,15H,13-14,16H2,1-2H3,(H,27,29). The van der Waals surface area contributed by atoms with E-state index in [0.717, 1.165) is 9.87 Å². The molecule has 0 radical (unpaired) electrons. The normalized spacial score (nSPS) is 11.1. The summed E-state index contributed by atoms with van der Waals surface area (Å²) in [6.45, 7) is -0.181. The minimum atomic E-state index is -4.08. The smallest absolute Gasteiger partial charge is 0.264 e. The fourth-order valence-corrected chi connectivity index (χ4v) is 5.17. The quantitative estimate of drug-likeness (QED) is 0.421. The first kappa shape index (κ1) is 25.7. The molecule has 0 aromatic heterocycles. The zero-order valence-corrected chi connectivity index (χ0v) is 21.0. The Bertz CT molecular complexity index is 1250. The second-order valence-electron chi connectivity index (χ2n) is 7.19. The van der Waals surface area contributed by atoms with Gasteiger partial charge in [0.25, 0.3) is 10.0 Å². The van der Waals surface area contributed by atoms with E-state index in [4.69, 9.17) is 32.7 Å². The van der Waals surface area contributed by atoms with E-state index in [1.54, 1.807) is 50.6 Å². The number of amides is 1. The molecule has 10 heteroatoms. The summed E-state index contributed by atoms with van der Waals surface area (Å²) < 4.78 is 38.2. The highest BCUT2D eigenvalue weighted by Gasteiger charge is 2.29. The molecule has 0 fully saturated rings. The molecule has 180 valence electrons. The summed E-state index contributed by atoms with van der Waals surface area (Å²) in [5.74, 6) is 0.702. The summed E-state index contributed by atoms with van der Waals surface area (Å²) in [6, 6.07) is 17.9. The van der Waals surface area contributed by atoms with Crippen molar-refractivity contribution in [2.24, 2.45) is 0 Å². The molecule has 3 aromatic carbocycles. The van der Waals surface area contributed by atoms with Crippen molar-refractivity contribution >= 4 is 44.8 Å². The van der Waals surface area contributed by atoms with Crippen molar-refractivity contribution in [3.05, 3.63) is 82.3 Å². The first-order valence-corrected chi connectivity index (χ1v) is 12.5. The second-order valence-corrected chi connectivity index (χ2v) is 9.83. The summed E-state index contributed by atoms with van der Waals surface area (Å²) in [5.41, 5.74) is 1.04.